The zero-order valence-electron chi connectivity index (χ0n) is 14.0. The molecule has 1 amide bonds. The van der Waals surface area contributed by atoms with Crippen molar-refractivity contribution in [2.75, 3.05) is 6.54 Å². The third-order valence-electron chi connectivity index (χ3n) is 4.60. The first-order valence-corrected chi connectivity index (χ1v) is 8.55. The molecular weight excluding hydrogens is 308 g/mol. The van der Waals surface area contributed by atoms with E-state index in [9.17, 15) is 9.90 Å². The van der Waals surface area contributed by atoms with E-state index in [4.69, 9.17) is 8.83 Å². The standard InChI is InChI=1S/C18H24N2O4/c1-13-14(20-17(24-13)15-7-6-10-23-15)11-16(21)19-12-18(22)8-4-2-3-5-9-18/h6-7,10,22H,2-5,8-9,11-12H2,1H3,(H,19,21). The molecule has 0 spiro atoms. The molecule has 6 heteroatoms. The lowest BCUT2D eigenvalue weighted by Crippen LogP contribution is -2.43. The molecule has 2 aromatic heterocycles. The largest absolute Gasteiger partial charge is 0.459 e. The van der Waals surface area contributed by atoms with Crippen LogP contribution in [-0.2, 0) is 11.2 Å². The number of nitrogens with one attached hydrogen (secondary N) is 1. The molecule has 2 aromatic rings. The van der Waals surface area contributed by atoms with E-state index in [2.05, 4.69) is 10.3 Å². The molecule has 2 N–H and O–H groups in total. The fourth-order valence-electron chi connectivity index (χ4n) is 3.14. The Labute approximate surface area is 141 Å². The highest BCUT2D eigenvalue weighted by atomic mass is 16.4. The fourth-order valence-corrected chi connectivity index (χ4v) is 3.14. The first kappa shape index (κ1) is 16.8. The van der Waals surface area contributed by atoms with E-state index < -0.39 is 5.60 Å². The van der Waals surface area contributed by atoms with Crippen molar-refractivity contribution in [2.24, 2.45) is 0 Å². The number of aliphatic hydroxyl groups is 1. The molecule has 2 heterocycles. The van der Waals surface area contributed by atoms with Gasteiger partial charge < -0.3 is 19.3 Å². The Morgan fingerprint density at radius 1 is 1.33 bits per heavy atom. The summed E-state index contributed by atoms with van der Waals surface area (Å²) in [5.74, 6) is 1.36. The molecule has 0 unspecified atom stereocenters. The van der Waals surface area contributed by atoms with Crippen LogP contribution in [0.5, 0.6) is 0 Å². The Kier molecular flexibility index (Phi) is 5.04. The van der Waals surface area contributed by atoms with Crippen molar-refractivity contribution in [1.29, 1.82) is 0 Å². The molecule has 0 atom stereocenters. The summed E-state index contributed by atoms with van der Waals surface area (Å²) in [6.45, 7) is 2.08. The maximum atomic E-state index is 12.2. The van der Waals surface area contributed by atoms with Crippen LogP contribution in [0.2, 0.25) is 0 Å². The van der Waals surface area contributed by atoms with Crippen LogP contribution in [0, 0.1) is 6.92 Å². The molecule has 0 aromatic carbocycles. The number of rotatable bonds is 5. The van der Waals surface area contributed by atoms with Crippen LogP contribution in [0.15, 0.2) is 27.2 Å². The van der Waals surface area contributed by atoms with Gasteiger partial charge in [0.15, 0.2) is 5.76 Å². The fraction of sp³-hybridized carbons (Fsp3) is 0.556. The Hall–Kier alpha value is -2.08. The maximum absolute atomic E-state index is 12.2. The van der Waals surface area contributed by atoms with Gasteiger partial charge in [0.25, 0.3) is 5.89 Å². The second-order valence-corrected chi connectivity index (χ2v) is 6.59. The number of amides is 1. The van der Waals surface area contributed by atoms with Crippen LogP contribution in [0.1, 0.15) is 50.0 Å². The van der Waals surface area contributed by atoms with Crippen LogP contribution in [0.3, 0.4) is 0 Å². The second kappa shape index (κ2) is 7.21. The van der Waals surface area contributed by atoms with Crippen LogP contribution in [0.25, 0.3) is 11.7 Å². The molecule has 1 fully saturated rings. The van der Waals surface area contributed by atoms with E-state index in [0.29, 0.717) is 29.6 Å². The molecule has 0 saturated heterocycles. The third-order valence-corrected chi connectivity index (χ3v) is 4.60. The topological polar surface area (TPSA) is 88.5 Å². The number of carbonyl (C=O) groups is 1. The molecule has 130 valence electrons. The van der Waals surface area contributed by atoms with Crippen molar-refractivity contribution in [1.82, 2.24) is 10.3 Å². The minimum Gasteiger partial charge on any atom is -0.459 e. The van der Waals surface area contributed by atoms with Gasteiger partial charge in [-0.05, 0) is 31.9 Å². The molecule has 0 aliphatic heterocycles. The first-order valence-electron chi connectivity index (χ1n) is 8.55. The highest BCUT2D eigenvalue weighted by molar-refractivity contribution is 5.78. The van der Waals surface area contributed by atoms with Gasteiger partial charge in [-0.2, -0.15) is 0 Å². The minimum absolute atomic E-state index is 0.131. The van der Waals surface area contributed by atoms with Crippen molar-refractivity contribution in [3.05, 3.63) is 29.9 Å². The number of furan rings is 1. The van der Waals surface area contributed by atoms with E-state index in [0.717, 1.165) is 38.5 Å². The average Bonchev–Trinajstić information content (AvgIpc) is 3.14. The Balaban J connectivity index is 1.57. The van der Waals surface area contributed by atoms with Gasteiger partial charge in [0.05, 0.1) is 24.0 Å². The quantitative estimate of drug-likeness (QED) is 0.822. The molecule has 3 rings (SSSR count). The lowest BCUT2D eigenvalue weighted by atomic mass is 9.94. The van der Waals surface area contributed by atoms with Crippen molar-refractivity contribution in [3.8, 4) is 11.7 Å². The first-order chi connectivity index (χ1) is 11.6. The number of aryl methyl sites for hydroxylation is 1. The Morgan fingerprint density at radius 2 is 2.08 bits per heavy atom. The molecule has 24 heavy (non-hydrogen) atoms. The monoisotopic (exact) mass is 332 g/mol. The maximum Gasteiger partial charge on any atom is 0.263 e. The van der Waals surface area contributed by atoms with Crippen molar-refractivity contribution >= 4 is 5.91 Å². The van der Waals surface area contributed by atoms with Gasteiger partial charge in [0.2, 0.25) is 5.91 Å². The summed E-state index contributed by atoms with van der Waals surface area (Å²) in [7, 11) is 0. The highest BCUT2D eigenvalue weighted by Gasteiger charge is 2.28. The van der Waals surface area contributed by atoms with Gasteiger partial charge in [0, 0.05) is 6.54 Å². The predicted molar refractivity (Wildman–Crippen MR) is 88.3 cm³/mol. The van der Waals surface area contributed by atoms with Crippen molar-refractivity contribution in [3.63, 3.8) is 0 Å². The highest BCUT2D eigenvalue weighted by Crippen LogP contribution is 2.26. The summed E-state index contributed by atoms with van der Waals surface area (Å²) in [6.07, 6.45) is 7.52. The summed E-state index contributed by atoms with van der Waals surface area (Å²) >= 11 is 0. The molecular formula is C18H24N2O4. The van der Waals surface area contributed by atoms with Crippen LogP contribution in [0.4, 0.5) is 0 Å². The number of aromatic nitrogens is 1. The molecule has 1 aliphatic rings. The lowest BCUT2D eigenvalue weighted by molar-refractivity contribution is -0.121. The number of hydrogen-bond acceptors (Lipinski definition) is 5. The summed E-state index contributed by atoms with van der Waals surface area (Å²) in [5, 5.41) is 13.4. The Bertz CT molecular complexity index is 667. The van der Waals surface area contributed by atoms with Gasteiger partial charge in [-0.25, -0.2) is 4.98 Å². The molecule has 0 radical (unpaired) electrons. The van der Waals surface area contributed by atoms with Crippen LogP contribution < -0.4 is 5.32 Å². The smallest absolute Gasteiger partial charge is 0.263 e. The summed E-state index contributed by atoms with van der Waals surface area (Å²) in [4.78, 5) is 16.5. The van der Waals surface area contributed by atoms with Crippen molar-refractivity contribution in [2.45, 2.75) is 57.5 Å². The summed E-state index contributed by atoms with van der Waals surface area (Å²) < 4.78 is 10.8. The van der Waals surface area contributed by atoms with E-state index in [1.165, 1.54) is 0 Å². The van der Waals surface area contributed by atoms with Gasteiger partial charge >= 0.3 is 0 Å². The van der Waals surface area contributed by atoms with Crippen LogP contribution in [-0.4, -0.2) is 28.1 Å². The zero-order valence-corrected chi connectivity index (χ0v) is 14.0. The SMILES string of the molecule is Cc1oc(-c2ccco2)nc1CC(=O)NCC1(O)CCCCCC1. The number of carbonyl (C=O) groups excluding carboxylic acids is 1. The number of hydrogen-bond donors (Lipinski definition) is 2. The lowest BCUT2D eigenvalue weighted by Gasteiger charge is -2.26. The normalized spacial score (nSPS) is 17.4. The Morgan fingerprint density at radius 3 is 2.75 bits per heavy atom. The van der Waals surface area contributed by atoms with Gasteiger partial charge in [-0.1, -0.05) is 25.7 Å². The minimum atomic E-state index is -0.773. The van der Waals surface area contributed by atoms with E-state index >= 15 is 0 Å². The van der Waals surface area contributed by atoms with E-state index in [1.807, 2.05) is 0 Å². The molecule has 6 nitrogen and oxygen atoms in total. The van der Waals surface area contributed by atoms with E-state index in [-0.39, 0.29) is 12.3 Å². The predicted octanol–water partition coefficient (Wildman–Crippen LogP) is 2.99. The average molecular weight is 332 g/mol. The summed E-state index contributed by atoms with van der Waals surface area (Å²) in [5.41, 5.74) is -0.184. The third kappa shape index (κ3) is 4.06. The van der Waals surface area contributed by atoms with Gasteiger partial charge in [-0.3, -0.25) is 4.79 Å². The van der Waals surface area contributed by atoms with Gasteiger partial charge in [0.1, 0.15) is 5.76 Å². The molecule has 0 bridgehead atoms. The number of oxazole rings is 1. The number of nitrogens with zero attached hydrogens (tertiary/aromatic N) is 1. The van der Waals surface area contributed by atoms with Crippen LogP contribution >= 0.6 is 0 Å². The molecule has 1 saturated carbocycles. The van der Waals surface area contributed by atoms with Crippen molar-refractivity contribution < 1.29 is 18.7 Å². The molecule has 1 aliphatic carbocycles. The zero-order chi connectivity index (χ0) is 17.0. The summed E-state index contributed by atoms with van der Waals surface area (Å²) in [6, 6.07) is 3.52. The second-order valence-electron chi connectivity index (χ2n) is 6.59. The van der Waals surface area contributed by atoms with Gasteiger partial charge in [-0.15, -0.1) is 0 Å². The van der Waals surface area contributed by atoms with E-state index in [1.54, 1.807) is 25.3 Å².